The van der Waals surface area contributed by atoms with E-state index in [1.165, 1.54) is 0 Å². The second-order valence-electron chi connectivity index (χ2n) is 5.55. The van der Waals surface area contributed by atoms with Gasteiger partial charge in [0.1, 0.15) is 13.2 Å². The van der Waals surface area contributed by atoms with Gasteiger partial charge in [0.15, 0.2) is 11.5 Å². The summed E-state index contributed by atoms with van der Waals surface area (Å²) in [7, 11) is 0. The molecule has 1 amide bonds. The third-order valence-corrected chi connectivity index (χ3v) is 4.10. The van der Waals surface area contributed by atoms with E-state index in [1.807, 2.05) is 17.0 Å². The topological polar surface area (TPSA) is 50.8 Å². The second-order valence-corrected chi connectivity index (χ2v) is 5.55. The van der Waals surface area contributed by atoms with E-state index in [9.17, 15) is 4.79 Å². The summed E-state index contributed by atoms with van der Waals surface area (Å²) >= 11 is 0. The number of anilines is 1. The van der Waals surface area contributed by atoms with Gasteiger partial charge in [0.25, 0.3) is 0 Å². The molecule has 5 nitrogen and oxygen atoms in total. The summed E-state index contributed by atoms with van der Waals surface area (Å²) in [5.41, 5.74) is 2.12. The summed E-state index contributed by atoms with van der Waals surface area (Å²) in [6.45, 7) is 2.46. The minimum atomic E-state index is 0.236. The molecule has 1 saturated carbocycles. The fraction of sp³-hybridized carbons (Fsp3) is 0.533. The largest absolute Gasteiger partial charge is 0.486 e. The van der Waals surface area contributed by atoms with E-state index in [0.717, 1.165) is 35.6 Å². The van der Waals surface area contributed by atoms with Crippen molar-refractivity contribution in [2.45, 2.75) is 31.8 Å². The number of carbonyl (C=O) groups excluding carboxylic acids is 1. The van der Waals surface area contributed by atoms with Crippen molar-refractivity contribution in [2.75, 3.05) is 25.1 Å². The minimum Gasteiger partial charge on any atom is -0.486 e. The van der Waals surface area contributed by atoms with E-state index < -0.39 is 0 Å². The zero-order valence-electron chi connectivity index (χ0n) is 11.4. The molecule has 0 spiro atoms. The lowest BCUT2D eigenvalue weighted by molar-refractivity contribution is -0.132. The number of nitrogens with one attached hydrogen (secondary N) is 1. The molecule has 0 atom stereocenters. The van der Waals surface area contributed by atoms with Crippen molar-refractivity contribution in [3.8, 4) is 11.5 Å². The molecule has 20 heavy (non-hydrogen) atoms. The summed E-state index contributed by atoms with van der Waals surface area (Å²) in [6.07, 6.45) is 2.81. The maximum Gasteiger partial charge on any atom is 0.224 e. The molecule has 3 aliphatic rings. The van der Waals surface area contributed by atoms with E-state index in [4.69, 9.17) is 9.47 Å². The van der Waals surface area contributed by atoms with Crippen molar-refractivity contribution >= 4 is 11.6 Å². The summed E-state index contributed by atoms with van der Waals surface area (Å²) in [5.74, 6) is 1.84. The molecule has 0 radical (unpaired) electrons. The van der Waals surface area contributed by atoms with E-state index in [0.29, 0.717) is 38.8 Å². The molecule has 0 unspecified atom stereocenters. The normalized spacial score (nSPS) is 21.6. The Morgan fingerprint density at radius 2 is 2.05 bits per heavy atom. The van der Waals surface area contributed by atoms with Crippen molar-refractivity contribution in [3.63, 3.8) is 0 Å². The monoisotopic (exact) mass is 274 g/mol. The molecule has 1 N–H and O–H groups in total. The fourth-order valence-corrected chi connectivity index (χ4v) is 2.92. The zero-order valence-corrected chi connectivity index (χ0v) is 11.4. The summed E-state index contributed by atoms with van der Waals surface area (Å²) in [4.78, 5) is 14.3. The maximum absolute atomic E-state index is 12.2. The smallest absolute Gasteiger partial charge is 0.224 e. The number of amides is 1. The first kappa shape index (κ1) is 11.9. The van der Waals surface area contributed by atoms with E-state index in [-0.39, 0.29) is 5.91 Å². The van der Waals surface area contributed by atoms with Crippen LogP contribution in [-0.2, 0) is 11.3 Å². The Bertz CT molecular complexity index is 554. The Labute approximate surface area is 117 Å². The predicted molar refractivity (Wildman–Crippen MR) is 74.1 cm³/mol. The van der Waals surface area contributed by atoms with Crippen LogP contribution in [0.5, 0.6) is 11.5 Å². The fourth-order valence-electron chi connectivity index (χ4n) is 2.92. The lowest BCUT2D eigenvalue weighted by atomic mass is 10.1. The number of fused-ring (bicyclic) bond motifs is 3. The summed E-state index contributed by atoms with van der Waals surface area (Å²) in [6, 6.07) is 4.41. The van der Waals surface area contributed by atoms with E-state index in [1.54, 1.807) is 0 Å². The molecule has 106 valence electrons. The summed E-state index contributed by atoms with van der Waals surface area (Å²) in [5, 5.41) is 3.34. The van der Waals surface area contributed by atoms with Gasteiger partial charge >= 0.3 is 0 Å². The van der Waals surface area contributed by atoms with Gasteiger partial charge in [-0.25, -0.2) is 0 Å². The van der Waals surface area contributed by atoms with Crippen LogP contribution in [0.2, 0.25) is 0 Å². The van der Waals surface area contributed by atoms with Crippen LogP contribution in [-0.4, -0.2) is 36.6 Å². The SMILES string of the molecule is O=C1CCNc2ccc3c(c2CN1C1CC1)OCCO3. The van der Waals surface area contributed by atoms with Crippen molar-refractivity contribution < 1.29 is 14.3 Å². The van der Waals surface area contributed by atoms with Gasteiger partial charge in [-0.3, -0.25) is 4.79 Å². The van der Waals surface area contributed by atoms with Gasteiger partial charge in [0.2, 0.25) is 5.91 Å². The number of benzene rings is 1. The Morgan fingerprint density at radius 1 is 1.20 bits per heavy atom. The number of nitrogens with zero attached hydrogens (tertiary/aromatic N) is 1. The van der Waals surface area contributed by atoms with Gasteiger partial charge in [0, 0.05) is 30.3 Å². The van der Waals surface area contributed by atoms with Crippen molar-refractivity contribution in [1.82, 2.24) is 4.90 Å². The Kier molecular flexibility index (Phi) is 2.72. The molecule has 5 heteroatoms. The highest BCUT2D eigenvalue weighted by Crippen LogP contribution is 2.41. The molecule has 0 bridgehead atoms. The van der Waals surface area contributed by atoms with Crippen LogP contribution in [0, 0.1) is 0 Å². The third kappa shape index (κ3) is 1.97. The standard InChI is InChI=1S/C15H18N2O3/c18-14-5-6-16-12-3-4-13-15(20-8-7-19-13)11(12)9-17(14)10-1-2-10/h3-4,10,16H,1-2,5-9H2. The first-order valence-corrected chi connectivity index (χ1v) is 7.28. The predicted octanol–water partition coefficient (Wildman–Crippen LogP) is 1.76. The lowest BCUT2D eigenvalue weighted by Gasteiger charge is -2.30. The Morgan fingerprint density at radius 3 is 2.90 bits per heavy atom. The third-order valence-electron chi connectivity index (χ3n) is 4.10. The molecule has 2 aliphatic heterocycles. The van der Waals surface area contributed by atoms with Crippen LogP contribution in [0.25, 0.3) is 0 Å². The first-order valence-electron chi connectivity index (χ1n) is 7.28. The molecule has 1 aliphatic carbocycles. The van der Waals surface area contributed by atoms with Gasteiger partial charge in [-0.15, -0.1) is 0 Å². The highest BCUT2D eigenvalue weighted by molar-refractivity contribution is 5.79. The Balaban J connectivity index is 1.75. The zero-order chi connectivity index (χ0) is 13.5. The molecule has 2 heterocycles. The maximum atomic E-state index is 12.2. The molecule has 4 rings (SSSR count). The highest BCUT2D eigenvalue weighted by Gasteiger charge is 2.35. The van der Waals surface area contributed by atoms with Gasteiger partial charge < -0.3 is 19.7 Å². The van der Waals surface area contributed by atoms with Crippen LogP contribution in [0.3, 0.4) is 0 Å². The quantitative estimate of drug-likeness (QED) is 0.848. The highest BCUT2D eigenvalue weighted by atomic mass is 16.6. The van der Waals surface area contributed by atoms with Crippen molar-refractivity contribution in [3.05, 3.63) is 17.7 Å². The molecular weight excluding hydrogens is 256 g/mol. The van der Waals surface area contributed by atoms with Crippen molar-refractivity contribution in [1.29, 1.82) is 0 Å². The first-order chi connectivity index (χ1) is 9.83. The van der Waals surface area contributed by atoms with Crippen molar-refractivity contribution in [2.24, 2.45) is 0 Å². The number of hydrogen-bond acceptors (Lipinski definition) is 4. The molecule has 0 aromatic heterocycles. The van der Waals surface area contributed by atoms with Gasteiger partial charge in [-0.2, -0.15) is 0 Å². The number of rotatable bonds is 1. The van der Waals surface area contributed by atoms with Crippen LogP contribution in [0.15, 0.2) is 12.1 Å². The molecule has 0 saturated heterocycles. The van der Waals surface area contributed by atoms with Gasteiger partial charge in [-0.1, -0.05) is 0 Å². The average Bonchev–Trinajstić information content (AvgIpc) is 3.28. The van der Waals surface area contributed by atoms with Crippen LogP contribution < -0.4 is 14.8 Å². The number of carbonyl (C=O) groups is 1. The molecular formula is C15H18N2O3. The average molecular weight is 274 g/mol. The van der Waals surface area contributed by atoms with Gasteiger partial charge in [0.05, 0.1) is 6.54 Å². The second kappa shape index (κ2) is 4.58. The van der Waals surface area contributed by atoms with Crippen LogP contribution in [0.1, 0.15) is 24.8 Å². The minimum absolute atomic E-state index is 0.236. The van der Waals surface area contributed by atoms with Gasteiger partial charge in [-0.05, 0) is 25.0 Å². The summed E-state index contributed by atoms with van der Waals surface area (Å²) < 4.78 is 11.4. The van der Waals surface area contributed by atoms with Crippen LogP contribution >= 0.6 is 0 Å². The van der Waals surface area contributed by atoms with E-state index in [2.05, 4.69) is 5.32 Å². The molecule has 1 aromatic carbocycles. The lowest BCUT2D eigenvalue weighted by Crippen LogP contribution is -2.36. The number of ether oxygens (including phenoxy) is 2. The van der Waals surface area contributed by atoms with Crippen LogP contribution in [0.4, 0.5) is 5.69 Å². The molecule has 1 aromatic rings. The number of hydrogen-bond donors (Lipinski definition) is 1. The molecule has 1 fully saturated rings. The Hall–Kier alpha value is -1.91. The van der Waals surface area contributed by atoms with E-state index >= 15 is 0 Å².